The maximum Gasteiger partial charge on any atom is 0.0722 e. The molecule has 0 radical (unpaired) electrons. The first-order valence-electron chi connectivity index (χ1n) is 7.37. The van der Waals surface area contributed by atoms with Crippen LogP contribution >= 0.6 is 0 Å². The number of morpholine rings is 1. The summed E-state index contributed by atoms with van der Waals surface area (Å²) in [4.78, 5) is 2.45. The summed E-state index contributed by atoms with van der Waals surface area (Å²) in [6.45, 7) is 11.4. The fourth-order valence-corrected chi connectivity index (χ4v) is 2.60. The van der Waals surface area contributed by atoms with Gasteiger partial charge in [0, 0.05) is 25.3 Å². The molecule has 1 heterocycles. The van der Waals surface area contributed by atoms with Gasteiger partial charge >= 0.3 is 0 Å². The van der Waals surface area contributed by atoms with Crippen LogP contribution in [0.15, 0.2) is 18.2 Å². The standard InChI is InChI=1S/C16H26N2O/c1-4-7-17-11-15-10-13(2)5-6-16(15)18-8-9-19-14(3)12-18/h5-6,10,14,17H,4,7-9,11-12H2,1-3H3. The van der Waals surface area contributed by atoms with Gasteiger partial charge in [0.1, 0.15) is 0 Å². The largest absolute Gasteiger partial charge is 0.375 e. The molecule has 1 aromatic rings. The second kappa shape index (κ2) is 6.92. The summed E-state index contributed by atoms with van der Waals surface area (Å²) in [5.41, 5.74) is 4.10. The SMILES string of the molecule is CCCNCc1cc(C)ccc1N1CCOC(C)C1. The second-order valence-electron chi connectivity index (χ2n) is 5.44. The zero-order chi connectivity index (χ0) is 13.7. The van der Waals surface area contributed by atoms with Gasteiger partial charge < -0.3 is 15.0 Å². The molecule has 0 saturated carbocycles. The van der Waals surface area contributed by atoms with Gasteiger partial charge in [-0.25, -0.2) is 0 Å². The van der Waals surface area contributed by atoms with Gasteiger partial charge in [-0.2, -0.15) is 0 Å². The molecule has 2 rings (SSSR count). The number of aryl methyl sites for hydroxylation is 1. The molecule has 3 nitrogen and oxygen atoms in total. The van der Waals surface area contributed by atoms with Crippen LogP contribution in [-0.4, -0.2) is 32.3 Å². The van der Waals surface area contributed by atoms with E-state index < -0.39 is 0 Å². The van der Waals surface area contributed by atoms with Crippen molar-refractivity contribution < 1.29 is 4.74 Å². The van der Waals surface area contributed by atoms with Crippen LogP contribution in [0.1, 0.15) is 31.4 Å². The predicted octanol–water partition coefficient (Wildman–Crippen LogP) is 2.72. The van der Waals surface area contributed by atoms with Crippen molar-refractivity contribution in [1.82, 2.24) is 5.32 Å². The minimum atomic E-state index is 0.325. The Hall–Kier alpha value is -1.06. The van der Waals surface area contributed by atoms with E-state index >= 15 is 0 Å². The van der Waals surface area contributed by atoms with Crippen molar-refractivity contribution in [2.75, 3.05) is 31.1 Å². The van der Waals surface area contributed by atoms with Crippen molar-refractivity contribution in [1.29, 1.82) is 0 Å². The first-order chi connectivity index (χ1) is 9.20. The smallest absolute Gasteiger partial charge is 0.0722 e. The Morgan fingerprint density at radius 2 is 2.26 bits per heavy atom. The van der Waals surface area contributed by atoms with E-state index in [-0.39, 0.29) is 0 Å². The Labute approximate surface area is 116 Å². The molecule has 1 aliphatic rings. The number of hydrogen-bond acceptors (Lipinski definition) is 3. The van der Waals surface area contributed by atoms with Crippen LogP contribution in [0.25, 0.3) is 0 Å². The van der Waals surface area contributed by atoms with Gasteiger partial charge in [0.25, 0.3) is 0 Å². The van der Waals surface area contributed by atoms with E-state index in [1.54, 1.807) is 0 Å². The molecule has 1 aliphatic heterocycles. The van der Waals surface area contributed by atoms with Gasteiger partial charge in [-0.3, -0.25) is 0 Å². The van der Waals surface area contributed by atoms with Crippen molar-refractivity contribution >= 4 is 5.69 Å². The Balaban J connectivity index is 2.13. The molecule has 1 N–H and O–H groups in total. The molecule has 19 heavy (non-hydrogen) atoms. The van der Waals surface area contributed by atoms with E-state index in [1.807, 2.05) is 0 Å². The fourth-order valence-electron chi connectivity index (χ4n) is 2.60. The molecule has 1 unspecified atom stereocenters. The predicted molar refractivity (Wildman–Crippen MR) is 80.8 cm³/mol. The molecule has 0 bridgehead atoms. The number of hydrogen-bond donors (Lipinski definition) is 1. The molecule has 0 aromatic heterocycles. The Kier molecular flexibility index (Phi) is 5.23. The number of benzene rings is 1. The maximum atomic E-state index is 5.63. The van der Waals surface area contributed by atoms with Crippen LogP contribution < -0.4 is 10.2 Å². The van der Waals surface area contributed by atoms with E-state index in [0.717, 1.165) is 32.8 Å². The lowest BCUT2D eigenvalue weighted by molar-refractivity contribution is 0.0531. The summed E-state index contributed by atoms with van der Waals surface area (Å²) in [6, 6.07) is 6.77. The van der Waals surface area contributed by atoms with Crippen molar-refractivity contribution in [3.8, 4) is 0 Å². The normalized spacial score (nSPS) is 19.7. The van der Waals surface area contributed by atoms with E-state index in [1.165, 1.54) is 23.2 Å². The second-order valence-corrected chi connectivity index (χ2v) is 5.44. The summed E-state index contributed by atoms with van der Waals surface area (Å²) in [6.07, 6.45) is 1.50. The van der Waals surface area contributed by atoms with E-state index in [4.69, 9.17) is 4.74 Å². The molecular weight excluding hydrogens is 236 g/mol. The lowest BCUT2D eigenvalue weighted by Crippen LogP contribution is -2.41. The van der Waals surface area contributed by atoms with Gasteiger partial charge in [0.15, 0.2) is 0 Å². The first kappa shape index (κ1) is 14.4. The topological polar surface area (TPSA) is 24.5 Å². The third kappa shape index (κ3) is 3.95. The van der Waals surface area contributed by atoms with Crippen LogP contribution in [0.5, 0.6) is 0 Å². The summed E-state index contributed by atoms with van der Waals surface area (Å²) in [5.74, 6) is 0. The average Bonchev–Trinajstić information content (AvgIpc) is 2.39. The van der Waals surface area contributed by atoms with Crippen molar-refractivity contribution in [2.45, 2.75) is 39.8 Å². The number of rotatable bonds is 5. The quantitative estimate of drug-likeness (QED) is 0.826. The Morgan fingerprint density at radius 3 is 3.00 bits per heavy atom. The number of nitrogens with one attached hydrogen (secondary N) is 1. The molecule has 1 atom stereocenters. The zero-order valence-electron chi connectivity index (χ0n) is 12.4. The highest BCUT2D eigenvalue weighted by atomic mass is 16.5. The monoisotopic (exact) mass is 262 g/mol. The van der Waals surface area contributed by atoms with Gasteiger partial charge in [0.2, 0.25) is 0 Å². The minimum absolute atomic E-state index is 0.325. The summed E-state index contributed by atoms with van der Waals surface area (Å²) >= 11 is 0. The van der Waals surface area contributed by atoms with Gasteiger partial charge in [-0.05, 0) is 38.4 Å². The lowest BCUT2D eigenvalue weighted by Gasteiger charge is -2.34. The van der Waals surface area contributed by atoms with Crippen LogP contribution in [0.2, 0.25) is 0 Å². The zero-order valence-corrected chi connectivity index (χ0v) is 12.4. The van der Waals surface area contributed by atoms with Crippen molar-refractivity contribution in [3.63, 3.8) is 0 Å². The molecule has 0 spiro atoms. The third-order valence-corrected chi connectivity index (χ3v) is 3.56. The van der Waals surface area contributed by atoms with Crippen molar-refractivity contribution in [2.24, 2.45) is 0 Å². The van der Waals surface area contributed by atoms with Crippen LogP contribution in [0.3, 0.4) is 0 Å². The van der Waals surface area contributed by atoms with Crippen LogP contribution in [0.4, 0.5) is 5.69 Å². The molecule has 0 amide bonds. The molecule has 1 saturated heterocycles. The van der Waals surface area contributed by atoms with Crippen LogP contribution in [0, 0.1) is 6.92 Å². The van der Waals surface area contributed by atoms with E-state index in [9.17, 15) is 0 Å². The van der Waals surface area contributed by atoms with E-state index in [2.05, 4.69) is 49.2 Å². The highest BCUT2D eigenvalue weighted by molar-refractivity contribution is 5.55. The molecular formula is C16H26N2O. The Bertz CT molecular complexity index is 406. The molecule has 0 aliphatic carbocycles. The Morgan fingerprint density at radius 1 is 1.42 bits per heavy atom. The first-order valence-corrected chi connectivity index (χ1v) is 7.37. The van der Waals surface area contributed by atoms with Crippen LogP contribution in [-0.2, 0) is 11.3 Å². The van der Waals surface area contributed by atoms with E-state index in [0.29, 0.717) is 6.10 Å². The third-order valence-electron chi connectivity index (χ3n) is 3.56. The fraction of sp³-hybridized carbons (Fsp3) is 0.625. The molecule has 3 heteroatoms. The van der Waals surface area contributed by atoms with Gasteiger partial charge in [-0.1, -0.05) is 24.6 Å². The summed E-state index contributed by atoms with van der Waals surface area (Å²) in [5, 5.41) is 3.51. The number of ether oxygens (including phenoxy) is 1. The number of nitrogens with zero attached hydrogens (tertiary/aromatic N) is 1. The summed E-state index contributed by atoms with van der Waals surface area (Å²) in [7, 11) is 0. The molecule has 106 valence electrons. The lowest BCUT2D eigenvalue weighted by atomic mass is 10.1. The summed E-state index contributed by atoms with van der Waals surface area (Å²) < 4.78 is 5.63. The highest BCUT2D eigenvalue weighted by Crippen LogP contribution is 2.24. The highest BCUT2D eigenvalue weighted by Gasteiger charge is 2.19. The maximum absolute atomic E-state index is 5.63. The van der Waals surface area contributed by atoms with Gasteiger partial charge in [-0.15, -0.1) is 0 Å². The van der Waals surface area contributed by atoms with Gasteiger partial charge in [0.05, 0.1) is 12.7 Å². The minimum Gasteiger partial charge on any atom is -0.375 e. The average molecular weight is 262 g/mol. The molecule has 1 aromatic carbocycles. The molecule has 1 fully saturated rings. The van der Waals surface area contributed by atoms with Crippen molar-refractivity contribution in [3.05, 3.63) is 29.3 Å². The number of anilines is 1.